The number of halogens is 1. The number of rotatable bonds is 7. The predicted octanol–water partition coefficient (Wildman–Crippen LogP) is 4.58. The summed E-state index contributed by atoms with van der Waals surface area (Å²) in [5, 5.41) is 3.48. The Kier molecular flexibility index (Phi) is 5.98. The fourth-order valence-electron chi connectivity index (χ4n) is 2.50. The molecule has 1 heterocycles. The van der Waals surface area contributed by atoms with E-state index < -0.39 is 0 Å². The number of oxazole rings is 1. The van der Waals surface area contributed by atoms with Gasteiger partial charge in [-0.3, -0.25) is 4.79 Å². The van der Waals surface area contributed by atoms with Crippen LogP contribution < -0.4 is 14.8 Å². The first kappa shape index (κ1) is 18.8. The van der Waals surface area contributed by atoms with E-state index in [0.29, 0.717) is 40.3 Å². The number of nitrogens with zero attached hydrogens (tertiary/aromatic N) is 1. The van der Waals surface area contributed by atoms with Crippen molar-refractivity contribution in [1.82, 2.24) is 4.98 Å². The maximum Gasteiger partial charge on any atom is 0.224 e. The van der Waals surface area contributed by atoms with Crippen molar-refractivity contribution < 1.29 is 18.7 Å². The van der Waals surface area contributed by atoms with E-state index >= 15 is 0 Å². The van der Waals surface area contributed by atoms with Gasteiger partial charge < -0.3 is 19.2 Å². The van der Waals surface area contributed by atoms with Crippen LogP contribution in [-0.2, 0) is 11.2 Å². The number of hydrogen-bond donors (Lipinski definition) is 1. The molecule has 0 aliphatic carbocycles. The smallest absolute Gasteiger partial charge is 0.224 e. The van der Waals surface area contributed by atoms with Crippen LogP contribution in [0.5, 0.6) is 11.5 Å². The van der Waals surface area contributed by atoms with Crippen LogP contribution in [0.25, 0.3) is 11.3 Å². The number of ether oxygens (including phenoxy) is 2. The molecule has 0 fully saturated rings. The molecule has 1 aromatic heterocycles. The quantitative estimate of drug-likeness (QED) is 0.643. The Bertz CT molecular complexity index is 900. The van der Waals surface area contributed by atoms with Crippen LogP contribution >= 0.6 is 11.6 Å². The molecule has 0 atom stereocenters. The minimum absolute atomic E-state index is 0.156. The summed E-state index contributed by atoms with van der Waals surface area (Å²) in [7, 11) is 3.11. The van der Waals surface area contributed by atoms with E-state index in [1.54, 1.807) is 50.7 Å². The van der Waals surface area contributed by atoms with Crippen LogP contribution in [0, 0.1) is 0 Å². The number of anilines is 1. The Labute approximate surface area is 162 Å². The van der Waals surface area contributed by atoms with Crippen LogP contribution in [-0.4, -0.2) is 25.1 Å². The summed E-state index contributed by atoms with van der Waals surface area (Å²) in [6.45, 7) is 0. The summed E-state index contributed by atoms with van der Waals surface area (Å²) in [5.41, 5.74) is 1.48. The second-order valence-electron chi connectivity index (χ2n) is 5.77. The lowest BCUT2D eigenvalue weighted by molar-refractivity contribution is -0.116. The van der Waals surface area contributed by atoms with Gasteiger partial charge in [-0.2, -0.15) is 0 Å². The Balaban J connectivity index is 1.59. The lowest BCUT2D eigenvalue weighted by Crippen LogP contribution is -2.12. The van der Waals surface area contributed by atoms with Crippen LogP contribution in [0.4, 0.5) is 5.69 Å². The van der Waals surface area contributed by atoms with Crippen LogP contribution in [0.2, 0.25) is 5.02 Å². The van der Waals surface area contributed by atoms with E-state index in [9.17, 15) is 4.79 Å². The molecule has 3 aromatic rings. The molecule has 3 rings (SSSR count). The fraction of sp³-hybridized carbons (Fsp3) is 0.200. The largest absolute Gasteiger partial charge is 0.497 e. The number of aryl methyl sites for hydroxylation is 1. The van der Waals surface area contributed by atoms with Gasteiger partial charge in [-0.25, -0.2) is 4.98 Å². The molecule has 0 aliphatic rings. The highest BCUT2D eigenvalue weighted by molar-refractivity contribution is 6.30. The number of carbonyl (C=O) groups is 1. The van der Waals surface area contributed by atoms with Gasteiger partial charge in [-0.05, 0) is 24.3 Å². The maximum absolute atomic E-state index is 12.2. The number of methoxy groups -OCH3 is 2. The second kappa shape index (κ2) is 8.60. The van der Waals surface area contributed by atoms with Crippen molar-refractivity contribution in [3.8, 4) is 22.8 Å². The Morgan fingerprint density at radius 2 is 1.78 bits per heavy atom. The highest BCUT2D eigenvalue weighted by atomic mass is 35.5. The molecule has 1 amide bonds. The first-order valence-corrected chi connectivity index (χ1v) is 8.69. The fourth-order valence-corrected chi connectivity index (χ4v) is 2.62. The molecule has 2 aromatic carbocycles. The van der Waals surface area contributed by atoms with Crippen molar-refractivity contribution in [2.24, 2.45) is 0 Å². The molecule has 0 unspecified atom stereocenters. The number of benzene rings is 2. The third-order valence-corrected chi connectivity index (χ3v) is 4.14. The summed E-state index contributed by atoms with van der Waals surface area (Å²) in [6.07, 6.45) is 2.27. The van der Waals surface area contributed by atoms with Crippen molar-refractivity contribution in [1.29, 1.82) is 0 Å². The van der Waals surface area contributed by atoms with Crippen LogP contribution in [0.15, 0.2) is 53.1 Å². The summed E-state index contributed by atoms with van der Waals surface area (Å²) < 4.78 is 16.1. The van der Waals surface area contributed by atoms with Gasteiger partial charge in [0.25, 0.3) is 0 Å². The summed E-state index contributed by atoms with van der Waals surface area (Å²) in [6, 6.07) is 12.5. The SMILES string of the molecule is COc1cc(NC(=O)CCc2ncc(-c3ccc(Cl)cc3)o2)cc(OC)c1. The zero-order valence-electron chi connectivity index (χ0n) is 15.0. The van der Waals surface area contributed by atoms with Crippen LogP contribution in [0.1, 0.15) is 12.3 Å². The molecule has 0 spiro atoms. The minimum Gasteiger partial charge on any atom is -0.497 e. The number of nitrogens with one attached hydrogen (secondary N) is 1. The number of amides is 1. The number of aromatic nitrogens is 1. The average Bonchev–Trinajstić information content (AvgIpc) is 3.15. The first-order chi connectivity index (χ1) is 13.1. The van der Waals surface area contributed by atoms with E-state index in [0.717, 1.165) is 5.56 Å². The van der Waals surface area contributed by atoms with Gasteiger partial charge >= 0.3 is 0 Å². The highest BCUT2D eigenvalue weighted by Gasteiger charge is 2.10. The van der Waals surface area contributed by atoms with Gasteiger partial charge in [0.05, 0.1) is 20.4 Å². The van der Waals surface area contributed by atoms with Crippen molar-refractivity contribution in [3.05, 3.63) is 59.6 Å². The maximum atomic E-state index is 12.2. The minimum atomic E-state index is -0.156. The molecular weight excluding hydrogens is 368 g/mol. The molecule has 0 saturated heterocycles. The van der Waals surface area contributed by atoms with E-state index in [2.05, 4.69) is 10.3 Å². The van der Waals surface area contributed by atoms with Crippen LogP contribution in [0.3, 0.4) is 0 Å². The van der Waals surface area contributed by atoms with E-state index in [-0.39, 0.29) is 12.3 Å². The van der Waals surface area contributed by atoms with Gasteiger partial charge in [0, 0.05) is 47.3 Å². The molecule has 7 heteroatoms. The number of hydrogen-bond acceptors (Lipinski definition) is 5. The Hall–Kier alpha value is -2.99. The number of carbonyl (C=O) groups excluding carboxylic acids is 1. The summed E-state index contributed by atoms with van der Waals surface area (Å²) in [4.78, 5) is 16.5. The third kappa shape index (κ3) is 5.01. The molecule has 0 radical (unpaired) electrons. The van der Waals surface area contributed by atoms with Crippen molar-refractivity contribution in [2.45, 2.75) is 12.8 Å². The van der Waals surface area contributed by atoms with Crippen molar-refractivity contribution >= 4 is 23.2 Å². The van der Waals surface area contributed by atoms with Gasteiger partial charge in [0.1, 0.15) is 11.5 Å². The average molecular weight is 387 g/mol. The second-order valence-corrected chi connectivity index (χ2v) is 6.21. The Morgan fingerprint density at radius 3 is 2.41 bits per heavy atom. The molecule has 0 bridgehead atoms. The lowest BCUT2D eigenvalue weighted by atomic mass is 10.2. The summed E-state index contributed by atoms with van der Waals surface area (Å²) in [5.74, 6) is 2.18. The van der Waals surface area contributed by atoms with E-state index in [1.807, 2.05) is 12.1 Å². The summed E-state index contributed by atoms with van der Waals surface area (Å²) >= 11 is 5.89. The van der Waals surface area contributed by atoms with Crippen molar-refractivity contribution in [2.75, 3.05) is 19.5 Å². The Morgan fingerprint density at radius 1 is 1.11 bits per heavy atom. The normalized spacial score (nSPS) is 10.5. The zero-order valence-corrected chi connectivity index (χ0v) is 15.7. The molecule has 1 N–H and O–H groups in total. The molecule has 140 valence electrons. The van der Waals surface area contributed by atoms with Gasteiger partial charge in [-0.1, -0.05) is 11.6 Å². The highest BCUT2D eigenvalue weighted by Crippen LogP contribution is 2.26. The molecular formula is C20H19ClN2O4. The first-order valence-electron chi connectivity index (χ1n) is 8.31. The van der Waals surface area contributed by atoms with Crippen molar-refractivity contribution in [3.63, 3.8) is 0 Å². The molecule has 6 nitrogen and oxygen atoms in total. The predicted molar refractivity (Wildman–Crippen MR) is 103 cm³/mol. The molecule has 27 heavy (non-hydrogen) atoms. The standard InChI is InChI=1S/C20H19ClN2O4/c1-25-16-9-15(10-17(11-16)26-2)23-19(24)7-8-20-22-12-18(27-20)13-3-5-14(21)6-4-13/h3-6,9-12H,7-8H2,1-2H3,(H,23,24). The monoisotopic (exact) mass is 386 g/mol. The van der Waals surface area contributed by atoms with E-state index in [4.69, 9.17) is 25.5 Å². The lowest BCUT2D eigenvalue weighted by Gasteiger charge is -2.09. The van der Waals surface area contributed by atoms with Gasteiger partial charge in [-0.15, -0.1) is 0 Å². The zero-order chi connectivity index (χ0) is 19.2. The molecule has 0 saturated carbocycles. The van der Waals surface area contributed by atoms with Gasteiger partial charge in [0.2, 0.25) is 5.91 Å². The third-order valence-electron chi connectivity index (χ3n) is 3.88. The van der Waals surface area contributed by atoms with E-state index in [1.165, 1.54) is 0 Å². The molecule has 0 aliphatic heterocycles. The van der Waals surface area contributed by atoms with Gasteiger partial charge in [0.15, 0.2) is 11.7 Å². The topological polar surface area (TPSA) is 73.6 Å².